The van der Waals surface area contributed by atoms with Gasteiger partial charge < -0.3 is 0 Å². The summed E-state index contributed by atoms with van der Waals surface area (Å²) in [5.74, 6) is 0.860. The fourth-order valence-corrected chi connectivity index (χ4v) is 5.97. The zero-order valence-corrected chi connectivity index (χ0v) is 16.0. The van der Waals surface area contributed by atoms with E-state index >= 15 is 0 Å². The third-order valence-electron chi connectivity index (χ3n) is 6.53. The molecule has 0 amide bonds. The van der Waals surface area contributed by atoms with Crippen molar-refractivity contribution in [2.45, 2.75) is 93.8 Å². The van der Waals surface area contributed by atoms with Crippen LogP contribution in [0.15, 0.2) is 23.8 Å². The Bertz CT molecular complexity index is 480. The van der Waals surface area contributed by atoms with Crippen molar-refractivity contribution < 1.29 is 0 Å². The molecule has 128 valence electrons. The molecular formula is C20H31BrN2. The fraction of sp³-hybridized carbons (Fsp3) is 0.800. The summed E-state index contributed by atoms with van der Waals surface area (Å²) in [6.45, 7) is 2.33. The second-order valence-corrected chi connectivity index (χ2v) is 9.48. The van der Waals surface area contributed by atoms with E-state index in [0.717, 1.165) is 5.92 Å². The summed E-state index contributed by atoms with van der Waals surface area (Å²) in [7, 11) is 0. The van der Waals surface area contributed by atoms with Gasteiger partial charge in [-0.25, -0.2) is 0 Å². The number of alkyl halides is 1. The lowest BCUT2D eigenvalue weighted by Gasteiger charge is -2.42. The van der Waals surface area contributed by atoms with Crippen LogP contribution in [0.5, 0.6) is 0 Å². The first-order valence-electron chi connectivity index (χ1n) is 9.72. The predicted molar refractivity (Wildman–Crippen MR) is 101 cm³/mol. The Hall–Kier alpha value is -0.120. The van der Waals surface area contributed by atoms with E-state index in [1.54, 1.807) is 5.57 Å². The van der Waals surface area contributed by atoms with Crippen LogP contribution in [0.3, 0.4) is 0 Å². The summed E-state index contributed by atoms with van der Waals surface area (Å²) < 4.78 is 0. The quantitative estimate of drug-likeness (QED) is 0.550. The summed E-state index contributed by atoms with van der Waals surface area (Å²) in [5.41, 5.74) is 1.59. The highest BCUT2D eigenvalue weighted by Crippen LogP contribution is 2.40. The van der Waals surface area contributed by atoms with E-state index in [1.165, 1.54) is 57.8 Å². The SMILES string of the molecule is CC1=CCC2N[C@H](C3CCCCC3)N(C3C=CCC(Br)C3)C2C1. The first kappa shape index (κ1) is 16.4. The fourth-order valence-electron chi connectivity index (χ4n) is 5.37. The molecule has 1 N–H and O–H groups in total. The van der Waals surface area contributed by atoms with Gasteiger partial charge in [-0.15, -0.1) is 0 Å². The highest BCUT2D eigenvalue weighted by atomic mass is 79.9. The molecule has 2 fully saturated rings. The second kappa shape index (κ2) is 7.01. The number of rotatable bonds is 2. The van der Waals surface area contributed by atoms with Crippen molar-refractivity contribution in [3.05, 3.63) is 23.8 Å². The molecule has 0 aromatic heterocycles. The zero-order chi connectivity index (χ0) is 15.8. The van der Waals surface area contributed by atoms with E-state index in [2.05, 4.69) is 51.3 Å². The van der Waals surface area contributed by atoms with Gasteiger partial charge in [0.25, 0.3) is 0 Å². The average Bonchev–Trinajstić information content (AvgIpc) is 2.94. The Morgan fingerprint density at radius 2 is 2.00 bits per heavy atom. The van der Waals surface area contributed by atoms with Crippen LogP contribution in [0, 0.1) is 5.92 Å². The summed E-state index contributed by atoms with van der Waals surface area (Å²) in [4.78, 5) is 3.56. The second-order valence-electron chi connectivity index (χ2n) is 8.19. The third kappa shape index (κ3) is 3.34. The molecule has 4 aliphatic rings. The Morgan fingerprint density at radius 1 is 1.17 bits per heavy atom. The summed E-state index contributed by atoms with van der Waals surface area (Å²) in [6.07, 6.45) is 20.1. The van der Waals surface area contributed by atoms with Gasteiger partial charge in [0.1, 0.15) is 0 Å². The van der Waals surface area contributed by atoms with Crippen molar-refractivity contribution in [3.63, 3.8) is 0 Å². The van der Waals surface area contributed by atoms with Crippen molar-refractivity contribution in [2.75, 3.05) is 0 Å². The molecule has 5 atom stereocenters. The molecule has 1 saturated carbocycles. The molecule has 0 aromatic carbocycles. The maximum absolute atomic E-state index is 4.08. The molecule has 0 spiro atoms. The van der Waals surface area contributed by atoms with Gasteiger partial charge in [0, 0.05) is 23.0 Å². The Kier molecular flexibility index (Phi) is 4.99. The van der Waals surface area contributed by atoms with Gasteiger partial charge in [-0.1, -0.05) is 59.0 Å². The normalized spacial score (nSPS) is 42.5. The number of nitrogens with one attached hydrogen (secondary N) is 1. The monoisotopic (exact) mass is 378 g/mol. The molecule has 0 aromatic rings. The number of hydrogen-bond donors (Lipinski definition) is 1. The molecule has 2 nitrogen and oxygen atoms in total. The van der Waals surface area contributed by atoms with Crippen molar-refractivity contribution >= 4 is 15.9 Å². The number of nitrogens with zero attached hydrogens (tertiary/aromatic N) is 1. The first-order valence-corrected chi connectivity index (χ1v) is 10.6. The Labute approximate surface area is 149 Å². The maximum Gasteiger partial charge on any atom is 0.0637 e. The lowest BCUT2D eigenvalue weighted by atomic mass is 9.85. The van der Waals surface area contributed by atoms with Gasteiger partial charge in [-0.2, -0.15) is 0 Å². The van der Waals surface area contributed by atoms with Crippen LogP contribution in [0.2, 0.25) is 0 Å². The Balaban J connectivity index is 1.59. The van der Waals surface area contributed by atoms with Gasteiger partial charge in [0.15, 0.2) is 0 Å². The molecule has 23 heavy (non-hydrogen) atoms. The van der Waals surface area contributed by atoms with Crippen LogP contribution in [0.4, 0.5) is 0 Å². The van der Waals surface area contributed by atoms with Crippen molar-refractivity contribution in [1.29, 1.82) is 0 Å². The van der Waals surface area contributed by atoms with Gasteiger partial charge in [0.2, 0.25) is 0 Å². The van der Waals surface area contributed by atoms with Crippen LogP contribution < -0.4 is 5.32 Å². The molecule has 4 unspecified atom stereocenters. The Morgan fingerprint density at radius 3 is 2.78 bits per heavy atom. The predicted octanol–water partition coefficient (Wildman–Crippen LogP) is 4.76. The zero-order valence-electron chi connectivity index (χ0n) is 14.4. The minimum absolute atomic E-state index is 0.608. The summed E-state index contributed by atoms with van der Waals surface area (Å²) in [6, 6.07) is 2.00. The van der Waals surface area contributed by atoms with E-state index in [0.29, 0.717) is 29.1 Å². The summed E-state index contributed by atoms with van der Waals surface area (Å²) in [5, 5.41) is 4.08. The molecule has 3 aliphatic carbocycles. The highest BCUT2D eigenvalue weighted by Gasteiger charge is 2.47. The lowest BCUT2D eigenvalue weighted by Crippen LogP contribution is -2.51. The van der Waals surface area contributed by atoms with Crippen LogP contribution in [-0.4, -0.2) is 34.0 Å². The molecule has 0 radical (unpaired) electrons. The molecule has 1 aliphatic heterocycles. The van der Waals surface area contributed by atoms with E-state index in [1.807, 2.05) is 0 Å². The largest absolute Gasteiger partial charge is 0.297 e. The first-order chi connectivity index (χ1) is 11.2. The summed E-state index contributed by atoms with van der Waals surface area (Å²) >= 11 is 3.88. The van der Waals surface area contributed by atoms with E-state index in [9.17, 15) is 0 Å². The molecule has 1 saturated heterocycles. The van der Waals surface area contributed by atoms with Gasteiger partial charge in [-0.05, 0) is 51.4 Å². The molecular weight excluding hydrogens is 348 g/mol. The van der Waals surface area contributed by atoms with E-state index in [4.69, 9.17) is 0 Å². The standard InChI is InChI=1S/C20H31BrN2/c1-14-10-11-18-19(12-14)23(17-9-5-8-16(21)13-17)20(22-18)15-6-3-2-4-7-15/h5,9-10,15-20,22H,2-4,6-8,11-13H2,1H3/t16?,17?,18?,19?,20-/m0/s1. The smallest absolute Gasteiger partial charge is 0.0637 e. The van der Waals surface area contributed by atoms with Gasteiger partial charge in [-0.3, -0.25) is 10.2 Å². The van der Waals surface area contributed by atoms with Gasteiger partial charge in [0.05, 0.1) is 6.17 Å². The maximum atomic E-state index is 4.08. The topological polar surface area (TPSA) is 15.3 Å². The van der Waals surface area contributed by atoms with Gasteiger partial charge >= 0.3 is 0 Å². The van der Waals surface area contributed by atoms with Crippen LogP contribution >= 0.6 is 15.9 Å². The van der Waals surface area contributed by atoms with Crippen molar-refractivity contribution in [2.24, 2.45) is 5.92 Å². The third-order valence-corrected chi connectivity index (χ3v) is 7.28. The molecule has 4 rings (SSSR count). The minimum atomic E-state index is 0.608. The molecule has 1 heterocycles. The minimum Gasteiger partial charge on any atom is -0.297 e. The van der Waals surface area contributed by atoms with E-state index in [-0.39, 0.29) is 0 Å². The van der Waals surface area contributed by atoms with Crippen LogP contribution in [-0.2, 0) is 0 Å². The highest BCUT2D eigenvalue weighted by molar-refractivity contribution is 9.09. The average molecular weight is 379 g/mol. The number of halogens is 1. The molecule has 0 bridgehead atoms. The number of allylic oxidation sites excluding steroid dienone is 1. The van der Waals surface area contributed by atoms with Crippen LogP contribution in [0.1, 0.15) is 64.7 Å². The molecule has 3 heteroatoms. The number of fused-ring (bicyclic) bond motifs is 1. The lowest BCUT2D eigenvalue weighted by molar-refractivity contribution is 0.0818. The van der Waals surface area contributed by atoms with Crippen molar-refractivity contribution in [3.8, 4) is 0 Å². The van der Waals surface area contributed by atoms with Crippen LogP contribution in [0.25, 0.3) is 0 Å². The van der Waals surface area contributed by atoms with Crippen molar-refractivity contribution in [1.82, 2.24) is 10.2 Å². The van der Waals surface area contributed by atoms with E-state index < -0.39 is 0 Å². The number of hydrogen-bond acceptors (Lipinski definition) is 2.